The lowest BCUT2D eigenvalue weighted by Gasteiger charge is -2.29. The Morgan fingerprint density at radius 3 is 1.53 bits per heavy atom. The van der Waals surface area contributed by atoms with E-state index in [0.29, 0.717) is 38.8 Å². The number of rotatable bonds is 10. The summed E-state index contributed by atoms with van der Waals surface area (Å²) in [5.41, 5.74) is 9.71. The Morgan fingerprint density at radius 1 is 0.895 bits per heavy atom. The van der Waals surface area contributed by atoms with Gasteiger partial charge in [-0.05, 0) is 52.6 Å². The first-order valence-corrected chi connectivity index (χ1v) is 6.83. The Morgan fingerprint density at radius 2 is 1.26 bits per heavy atom. The van der Waals surface area contributed by atoms with Crippen LogP contribution in [0.5, 0.6) is 0 Å². The maximum atomic E-state index is 12.2. The molecule has 0 atom stereocenters. The van der Waals surface area contributed by atoms with Crippen LogP contribution in [0.3, 0.4) is 0 Å². The van der Waals surface area contributed by atoms with E-state index in [9.17, 15) is 9.59 Å². The molecule has 0 aromatic carbocycles. The van der Waals surface area contributed by atoms with Crippen LogP contribution in [0.4, 0.5) is 0 Å². The molecular weight excluding hydrogens is 248 g/mol. The van der Waals surface area contributed by atoms with Gasteiger partial charge in [-0.25, -0.2) is 0 Å². The molecule has 4 N–H and O–H groups in total. The lowest BCUT2D eigenvalue weighted by atomic mass is 9.78. The van der Waals surface area contributed by atoms with Crippen LogP contribution in [-0.4, -0.2) is 38.2 Å². The largest absolute Gasteiger partial charge is 0.465 e. The maximum absolute atomic E-state index is 12.2. The Balaban J connectivity index is 5.16. The van der Waals surface area contributed by atoms with Gasteiger partial charge in [-0.1, -0.05) is 0 Å². The Bertz CT molecular complexity index is 254. The minimum atomic E-state index is -1.26. The van der Waals surface area contributed by atoms with Gasteiger partial charge in [0.05, 0.1) is 13.2 Å². The van der Waals surface area contributed by atoms with E-state index in [-0.39, 0.29) is 13.2 Å². The molecule has 0 aliphatic rings. The van der Waals surface area contributed by atoms with Gasteiger partial charge < -0.3 is 20.9 Å². The van der Waals surface area contributed by atoms with Crippen molar-refractivity contribution in [3.8, 4) is 0 Å². The van der Waals surface area contributed by atoms with Crippen molar-refractivity contribution in [3.63, 3.8) is 0 Å². The summed E-state index contributed by atoms with van der Waals surface area (Å²) in [5.74, 6) is -1.06. The second kappa shape index (κ2) is 9.75. The van der Waals surface area contributed by atoms with Crippen molar-refractivity contribution < 1.29 is 19.1 Å². The molecular formula is C13H26N2O4. The third-order valence-corrected chi connectivity index (χ3v) is 2.95. The highest BCUT2D eigenvalue weighted by Crippen LogP contribution is 2.33. The van der Waals surface area contributed by atoms with Crippen LogP contribution >= 0.6 is 0 Å². The summed E-state index contributed by atoms with van der Waals surface area (Å²) in [7, 11) is 0. The van der Waals surface area contributed by atoms with E-state index in [4.69, 9.17) is 20.9 Å². The summed E-state index contributed by atoms with van der Waals surface area (Å²) < 4.78 is 10.1. The van der Waals surface area contributed by atoms with E-state index in [1.54, 1.807) is 13.8 Å². The highest BCUT2D eigenvalue weighted by molar-refractivity contribution is 6.00. The SMILES string of the molecule is CCOC(=O)C(CCCN)(CCCN)C(=O)OCC. The van der Waals surface area contributed by atoms with Gasteiger partial charge in [-0.3, -0.25) is 9.59 Å². The number of hydrogen-bond acceptors (Lipinski definition) is 6. The monoisotopic (exact) mass is 274 g/mol. The first kappa shape index (κ1) is 17.9. The van der Waals surface area contributed by atoms with Crippen LogP contribution in [0.2, 0.25) is 0 Å². The zero-order valence-corrected chi connectivity index (χ0v) is 11.9. The van der Waals surface area contributed by atoms with Gasteiger partial charge in [-0.15, -0.1) is 0 Å². The third kappa shape index (κ3) is 5.16. The topological polar surface area (TPSA) is 105 Å². The molecule has 0 heterocycles. The van der Waals surface area contributed by atoms with E-state index in [2.05, 4.69) is 0 Å². The third-order valence-electron chi connectivity index (χ3n) is 2.95. The van der Waals surface area contributed by atoms with Crippen molar-refractivity contribution in [2.24, 2.45) is 16.9 Å². The molecule has 0 aliphatic carbocycles. The Labute approximate surface area is 114 Å². The predicted octanol–water partition coefficient (Wildman–Crippen LogP) is 0.577. The Kier molecular flexibility index (Phi) is 9.16. The molecule has 0 radical (unpaired) electrons. The van der Waals surface area contributed by atoms with Crippen LogP contribution in [0.25, 0.3) is 0 Å². The molecule has 19 heavy (non-hydrogen) atoms. The molecule has 0 aliphatic heterocycles. The summed E-state index contributed by atoms with van der Waals surface area (Å²) in [6.45, 7) is 4.68. The van der Waals surface area contributed by atoms with E-state index >= 15 is 0 Å². The van der Waals surface area contributed by atoms with Crippen LogP contribution < -0.4 is 11.5 Å². The lowest BCUT2D eigenvalue weighted by Crippen LogP contribution is -2.43. The molecule has 0 saturated heterocycles. The smallest absolute Gasteiger partial charge is 0.323 e. The minimum absolute atomic E-state index is 0.227. The van der Waals surface area contributed by atoms with Gasteiger partial charge in [0.2, 0.25) is 0 Å². The molecule has 6 heteroatoms. The average molecular weight is 274 g/mol. The van der Waals surface area contributed by atoms with Gasteiger partial charge in [0.1, 0.15) is 0 Å². The molecule has 0 unspecified atom stereocenters. The molecule has 0 rings (SSSR count). The van der Waals surface area contributed by atoms with Crippen molar-refractivity contribution in [1.29, 1.82) is 0 Å². The molecule has 0 fully saturated rings. The standard InChI is InChI=1S/C13H26N2O4/c1-3-18-11(16)13(7-5-9-14,8-6-10-15)12(17)19-4-2/h3-10,14-15H2,1-2H3. The number of carbonyl (C=O) groups is 2. The highest BCUT2D eigenvalue weighted by Gasteiger charge is 2.47. The number of esters is 2. The Hall–Kier alpha value is -1.14. The van der Waals surface area contributed by atoms with Crippen molar-refractivity contribution in [3.05, 3.63) is 0 Å². The molecule has 0 bridgehead atoms. The summed E-state index contributed by atoms with van der Waals surface area (Å²) >= 11 is 0. The second-order valence-electron chi connectivity index (χ2n) is 4.31. The second-order valence-corrected chi connectivity index (χ2v) is 4.31. The fourth-order valence-electron chi connectivity index (χ4n) is 1.96. The summed E-state index contributed by atoms with van der Waals surface area (Å²) in [4.78, 5) is 24.4. The van der Waals surface area contributed by atoms with E-state index in [1.165, 1.54) is 0 Å². The lowest BCUT2D eigenvalue weighted by molar-refractivity contribution is -0.173. The molecule has 0 aromatic heterocycles. The summed E-state index contributed by atoms with van der Waals surface area (Å²) in [5, 5.41) is 0. The van der Waals surface area contributed by atoms with E-state index in [0.717, 1.165) is 0 Å². The van der Waals surface area contributed by atoms with Crippen LogP contribution in [0.1, 0.15) is 39.5 Å². The van der Waals surface area contributed by atoms with Gasteiger partial charge in [0, 0.05) is 0 Å². The predicted molar refractivity (Wildman–Crippen MR) is 72.3 cm³/mol. The first-order valence-electron chi connectivity index (χ1n) is 6.83. The molecule has 0 saturated carbocycles. The molecule has 0 amide bonds. The minimum Gasteiger partial charge on any atom is -0.465 e. The van der Waals surface area contributed by atoms with Crippen LogP contribution in [0.15, 0.2) is 0 Å². The van der Waals surface area contributed by atoms with Gasteiger partial charge in [-0.2, -0.15) is 0 Å². The first-order chi connectivity index (χ1) is 9.08. The van der Waals surface area contributed by atoms with Crippen LogP contribution in [-0.2, 0) is 19.1 Å². The normalized spacial score (nSPS) is 11.2. The molecule has 6 nitrogen and oxygen atoms in total. The number of nitrogens with two attached hydrogens (primary N) is 2. The van der Waals surface area contributed by atoms with Gasteiger partial charge in [0.15, 0.2) is 5.41 Å². The van der Waals surface area contributed by atoms with Crippen molar-refractivity contribution in [2.75, 3.05) is 26.3 Å². The number of hydrogen-bond donors (Lipinski definition) is 2. The molecule has 112 valence electrons. The highest BCUT2D eigenvalue weighted by atomic mass is 16.6. The summed E-state index contributed by atoms with van der Waals surface area (Å²) in [6, 6.07) is 0. The quantitative estimate of drug-likeness (QED) is 0.446. The fourth-order valence-corrected chi connectivity index (χ4v) is 1.96. The fraction of sp³-hybridized carbons (Fsp3) is 0.846. The number of ether oxygens (including phenoxy) is 2. The maximum Gasteiger partial charge on any atom is 0.323 e. The average Bonchev–Trinajstić information content (AvgIpc) is 2.40. The number of carbonyl (C=O) groups excluding carboxylic acids is 2. The van der Waals surface area contributed by atoms with Gasteiger partial charge in [0.25, 0.3) is 0 Å². The van der Waals surface area contributed by atoms with Crippen molar-refractivity contribution >= 4 is 11.9 Å². The molecule has 0 spiro atoms. The summed E-state index contributed by atoms with van der Waals surface area (Å²) in [6.07, 6.45) is 1.78. The molecule has 0 aromatic rings. The van der Waals surface area contributed by atoms with Gasteiger partial charge >= 0.3 is 11.9 Å². The van der Waals surface area contributed by atoms with E-state index < -0.39 is 17.4 Å². The van der Waals surface area contributed by atoms with E-state index in [1.807, 2.05) is 0 Å². The zero-order valence-electron chi connectivity index (χ0n) is 11.9. The van der Waals surface area contributed by atoms with Crippen molar-refractivity contribution in [1.82, 2.24) is 0 Å². The van der Waals surface area contributed by atoms with Crippen molar-refractivity contribution in [2.45, 2.75) is 39.5 Å². The van der Waals surface area contributed by atoms with Crippen LogP contribution in [0, 0.1) is 5.41 Å². The zero-order chi connectivity index (χ0) is 14.7.